The minimum absolute atomic E-state index is 0.185. The second kappa shape index (κ2) is 10.3. The second-order valence-corrected chi connectivity index (χ2v) is 8.63. The van der Waals surface area contributed by atoms with Crippen molar-refractivity contribution in [1.29, 1.82) is 0 Å². The lowest BCUT2D eigenvalue weighted by Gasteiger charge is -2.33. The lowest BCUT2D eigenvalue weighted by Crippen LogP contribution is -2.33. The number of nitrogens with zero attached hydrogens (tertiary/aromatic N) is 1. The van der Waals surface area contributed by atoms with Gasteiger partial charge in [0.15, 0.2) is 0 Å². The fourth-order valence-electron chi connectivity index (χ4n) is 4.41. The molecule has 0 aromatic heterocycles. The SMILES string of the molecule is NC(=O)c1ccc(COc2ccc(C(F)(F)F)cc2)cc1C1CCN(Cc2ccccc2)CC1. The van der Waals surface area contributed by atoms with Crippen LogP contribution in [0.15, 0.2) is 72.8 Å². The van der Waals surface area contributed by atoms with Crippen molar-refractivity contribution in [1.82, 2.24) is 4.90 Å². The van der Waals surface area contributed by atoms with E-state index in [0.29, 0.717) is 11.3 Å². The average Bonchev–Trinajstić information content (AvgIpc) is 2.83. The number of rotatable bonds is 7. The molecule has 4 nitrogen and oxygen atoms in total. The van der Waals surface area contributed by atoms with Crippen LogP contribution >= 0.6 is 0 Å². The molecule has 178 valence electrons. The topological polar surface area (TPSA) is 55.6 Å². The highest BCUT2D eigenvalue weighted by atomic mass is 19.4. The number of benzene rings is 3. The van der Waals surface area contributed by atoms with E-state index in [-0.39, 0.29) is 12.5 Å². The molecule has 0 unspecified atom stereocenters. The van der Waals surface area contributed by atoms with Crippen molar-refractivity contribution < 1.29 is 22.7 Å². The van der Waals surface area contributed by atoms with E-state index >= 15 is 0 Å². The number of amides is 1. The van der Waals surface area contributed by atoms with Crippen molar-refractivity contribution in [2.75, 3.05) is 13.1 Å². The van der Waals surface area contributed by atoms with E-state index in [1.54, 1.807) is 12.1 Å². The molecule has 0 atom stereocenters. The summed E-state index contributed by atoms with van der Waals surface area (Å²) in [5.74, 6) is 0.0974. The van der Waals surface area contributed by atoms with Gasteiger partial charge in [0.2, 0.25) is 5.91 Å². The molecule has 1 aliphatic rings. The van der Waals surface area contributed by atoms with Crippen LogP contribution in [0, 0.1) is 0 Å². The summed E-state index contributed by atoms with van der Waals surface area (Å²) >= 11 is 0. The van der Waals surface area contributed by atoms with Crippen molar-refractivity contribution in [3.63, 3.8) is 0 Å². The van der Waals surface area contributed by atoms with Gasteiger partial charge >= 0.3 is 6.18 Å². The molecule has 1 amide bonds. The zero-order chi connectivity index (χ0) is 24.1. The number of primary amides is 1. The van der Waals surface area contributed by atoms with Crippen LogP contribution in [0.25, 0.3) is 0 Å². The number of carbonyl (C=O) groups excluding carboxylic acids is 1. The van der Waals surface area contributed by atoms with E-state index in [1.807, 2.05) is 24.3 Å². The van der Waals surface area contributed by atoms with Crippen molar-refractivity contribution in [2.24, 2.45) is 5.73 Å². The third-order valence-corrected chi connectivity index (χ3v) is 6.24. The number of halogens is 3. The third kappa shape index (κ3) is 5.97. The highest BCUT2D eigenvalue weighted by molar-refractivity contribution is 5.94. The van der Waals surface area contributed by atoms with E-state index in [0.717, 1.165) is 55.7 Å². The van der Waals surface area contributed by atoms with Gasteiger partial charge in [-0.1, -0.05) is 42.5 Å². The van der Waals surface area contributed by atoms with Crippen LogP contribution in [0.2, 0.25) is 0 Å². The normalized spacial score (nSPS) is 15.3. The third-order valence-electron chi connectivity index (χ3n) is 6.24. The minimum Gasteiger partial charge on any atom is -0.489 e. The lowest BCUT2D eigenvalue weighted by atomic mass is 9.85. The number of hydrogen-bond acceptors (Lipinski definition) is 3. The van der Waals surface area contributed by atoms with E-state index in [2.05, 4.69) is 17.0 Å². The van der Waals surface area contributed by atoms with E-state index < -0.39 is 17.6 Å². The summed E-state index contributed by atoms with van der Waals surface area (Å²) in [7, 11) is 0. The maximum Gasteiger partial charge on any atom is 0.416 e. The van der Waals surface area contributed by atoms with Crippen molar-refractivity contribution in [3.05, 3.63) is 101 Å². The van der Waals surface area contributed by atoms with Crippen LogP contribution in [0.3, 0.4) is 0 Å². The summed E-state index contributed by atoms with van der Waals surface area (Å²) in [6.07, 6.45) is -2.55. The van der Waals surface area contributed by atoms with Gasteiger partial charge in [0.1, 0.15) is 12.4 Å². The largest absolute Gasteiger partial charge is 0.489 e. The van der Waals surface area contributed by atoms with Crippen molar-refractivity contribution in [3.8, 4) is 5.75 Å². The van der Waals surface area contributed by atoms with E-state index in [4.69, 9.17) is 10.5 Å². The van der Waals surface area contributed by atoms with Crippen molar-refractivity contribution >= 4 is 5.91 Å². The number of piperidine rings is 1. The molecule has 3 aromatic rings. The number of ether oxygens (including phenoxy) is 1. The molecule has 1 heterocycles. The Morgan fingerprint density at radius 3 is 2.24 bits per heavy atom. The van der Waals surface area contributed by atoms with Crippen LogP contribution in [0.1, 0.15) is 51.4 Å². The minimum atomic E-state index is -4.38. The van der Waals surface area contributed by atoms with Gasteiger partial charge in [-0.25, -0.2) is 0 Å². The van der Waals surface area contributed by atoms with Crippen LogP contribution in [0.5, 0.6) is 5.75 Å². The molecule has 0 spiro atoms. The zero-order valence-corrected chi connectivity index (χ0v) is 18.7. The molecular weight excluding hydrogens is 441 g/mol. The van der Waals surface area contributed by atoms with Gasteiger partial charge in [-0.05, 0) is 78.9 Å². The molecule has 4 rings (SSSR count). The van der Waals surface area contributed by atoms with Crippen LogP contribution in [-0.2, 0) is 19.3 Å². The highest BCUT2D eigenvalue weighted by Gasteiger charge is 2.30. The van der Waals surface area contributed by atoms with E-state index in [9.17, 15) is 18.0 Å². The predicted octanol–water partition coefficient (Wildman–Crippen LogP) is 5.76. The maximum atomic E-state index is 12.7. The quantitative estimate of drug-likeness (QED) is 0.480. The van der Waals surface area contributed by atoms with Gasteiger partial charge in [0, 0.05) is 12.1 Å². The average molecular weight is 469 g/mol. The molecule has 2 N–H and O–H groups in total. The molecule has 1 saturated heterocycles. The Hall–Kier alpha value is -3.32. The second-order valence-electron chi connectivity index (χ2n) is 8.63. The monoisotopic (exact) mass is 468 g/mol. The van der Waals surface area contributed by atoms with E-state index in [1.165, 1.54) is 17.7 Å². The fourth-order valence-corrected chi connectivity index (χ4v) is 4.41. The Labute approximate surface area is 197 Å². The molecule has 34 heavy (non-hydrogen) atoms. The molecule has 0 radical (unpaired) electrons. The highest BCUT2D eigenvalue weighted by Crippen LogP contribution is 2.33. The first kappa shape index (κ1) is 23.8. The van der Waals surface area contributed by atoms with Gasteiger partial charge in [0.05, 0.1) is 5.56 Å². The van der Waals surface area contributed by atoms with Crippen LogP contribution < -0.4 is 10.5 Å². The maximum absolute atomic E-state index is 12.7. The Kier molecular flexibility index (Phi) is 7.22. The summed E-state index contributed by atoms with van der Waals surface area (Å²) < 4.78 is 43.9. The van der Waals surface area contributed by atoms with Crippen molar-refractivity contribution in [2.45, 2.75) is 38.1 Å². The molecule has 0 aliphatic carbocycles. The predicted molar refractivity (Wildman–Crippen MR) is 124 cm³/mol. The molecule has 0 saturated carbocycles. The summed E-state index contributed by atoms with van der Waals surface area (Å²) in [6, 6.07) is 20.4. The first-order valence-corrected chi connectivity index (χ1v) is 11.3. The molecule has 0 bridgehead atoms. The summed E-state index contributed by atoms with van der Waals surface area (Å²) in [4.78, 5) is 14.5. The summed E-state index contributed by atoms with van der Waals surface area (Å²) in [5, 5.41) is 0. The zero-order valence-electron chi connectivity index (χ0n) is 18.7. The molecular formula is C27H27F3N2O2. The molecule has 3 aromatic carbocycles. The first-order chi connectivity index (χ1) is 16.3. The number of likely N-dealkylation sites (tertiary alicyclic amines) is 1. The summed E-state index contributed by atoms with van der Waals surface area (Å²) in [6.45, 7) is 2.93. The Balaban J connectivity index is 1.41. The molecule has 1 fully saturated rings. The van der Waals surface area contributed by atoms with Crippen LogP contribution in [-0.4, -0.2) is 23.9 Å². The molecule has 7 heteroatoms. The summed E-state index contributed by atoms with van der Waals surface area (Å²) in [5.41, 5.74) is 8.48. The standard InChI is InChI=1S/C27H27F3N2O2/c28-27(29,30)22-7-9-23(10-8-22)34-18-20-6-11-24(26(31)33)25(16-20)21-12-14-32(15-13-21)17-19-4-2-1-3-5-19/h1-11,16,21H,12-15,17-18H2,(H2,31,33). The Morgan fingerprint density at radius 2 is 1.62 bits per heavy atom. The number of alkyl halides is 3. The lowest BCUT2D eigenvalue weighted by molar-refractivity contribution is -0.137. The Morgan fingerprint density at radius 1 is 0.941 bits per heavy atom. The number of carbonyl (C=O) groups is 1. The van der Waals surface area contributed by atoms with Gasteiger partial charge in [-0.3, -0.25) is 9.69 Å². The van der Waals surface area contributed by atoms with Gasteiger partial charge in [-0.15, -0.1) is 0 Å². The number of nitrogens with two attached hydrogens (primary N) is 1. The fraction of sp³-hybridized carbons (Fsp3) is 0.296. The Bertz CT molecular complexity index is 1110. The first-order valence-electron chi connectivity index (χ1n) is 11.3. The van der Waals surface area contributed by atoms with Gasteiger partial charge in [0.25, 0.3) is 0 Å². The number of hydrogen-bond donors (Lipinski definition) is 1. The van der Waals surface area contributed by atoms with Gasteiger partial charge < -0.3 is 10.5 Å². The smallest absolute Gasteiger partial charge is 0.416 e. The van der Waals surface area contributed by atoms with Crippen LogP contribution in [0.4, 0.5) is 13.2 Å². The molecule has 1 aliphatic heterocycles. The van der Waals surface area contributed by atoms with Gasteiger partial charge in [-0.2, -0.15) is 13.2 Å².